The van der Waals surface area contributed by atoms with E-state index in [1.807, 2.05) is 0 Å². The van der Waals surface area contributed by atoms with Gasteiger partial charge in [0.05, 0.1) is 13.2 Å². The first-order valence-electron chi connectivity index (χ1n) is 19.7. The molecule has 0 aliphatic heterocycles. The lowest BCUT2D eigenvalue weighted by molar-refractivity contribution is -0.147. The molecule has 48 heavy (non-hydrogen) atoms. The van der Waals surface area contributed by atoms with E-state index in [9.17, 15) is 24.2 Å². The molecule has 0 fully saturated rings. The van der Waals surface area contributed by atoms with Gasteiger partial charge in [-0.2, -0.15) is 0 Å². The fourth-order valence-corrected chi connectivity index (χ4v) is 6.19. The second kappa shape index (κ2) is 35.6. The predicted molar refractivity (Wildman–Crippen MR) is 197 cm³/mol. The van der Waals surface area contributed by atoms with Crippen LogP contribution in [0, 0.1) is 0 Å². The summed E-state index contributed by atoms with van der Waals surface area (Å²) in [6, 6.07) is 0. The maximum Gasteiger partial charge on any atom is 0.472 e. The van der Waals surface area contributed by atoms with Crippen LogP contribution in [0.5, 0.6) is 0 Å². The number of phosphoric acid groups is 1. The summed E-state index contributed by atoms with van der Waals surface area (Å²) in [6.45, 7) is 3.54. The molecule has 0 saturated heterocycles. The number of phosphoric ester groups is 1. The molecule has 9 nitrogen and oxygen atoms in total. The number of allylic oxidation sites excluding steroid dienone is 2. The first kappa shape index (κ1) is 46.8. The van der Waals surface area contributed by atoms with Crippen LogP contribution in [0.15, 0.2) is 12.2 Å². The van der Waals surface area contributed by atoms with Crippen molar-refractivity contribution in [1.29, 1.82) is 0 Å². The highest BCUT2D eigenvalue weighted by molar-refractivity contribution is 7.47. The van der Waals surface area contributed by atoms with Gasteiger partial charge in [-0.15, -0.1) is 0 Å². The third kappa shape index (κ3) is 36.0. The zero-order valence-corrected chi connectivity index (χ0v) is 31.8. The van der Waals surface area contributed by atoms with Gasteiger partial charge in [-0.25, -0.2) is 4.57 Å². The number of carbonyl (C=O) groups excluding carboxylic acids is 2. The van der Waals surface area contributed by atoms with Gasteiger partial charge >= 0.3 is 13.8 Å². The predicted octanol–water partition coefficient (Wildman–Crippen LogP) is 10.3. The van der Waals surface area contributed by atoms with Crippen LogP contribution >= 0.6 is 7.82 Å². The van der Waals surface area contributed by atoms with E-state index >= 15 is 0 Å². The lowest BCUT2D eigenvalue weighted by atomic mass is 10.0. The number of aliphatic hydroxyl groups is 1. The maximum absolute atomic E-state index is 12.0. The Morgan fingerprint density at radius 3 is 1.56 bits per heavy atom. The summed E-state index contributed by atoms with van der Waals surface area (Å²) in [4.78, 5) is 33.7. The Morgan fingerprint density at radius 2 is 1.06 bits per heavy atom. The van der Waals surface area contributed by atoms with Crippen LogP contribution in [0.1, 0.15) is 187 Å². The van der Waals surface area contributed by atoms with Gasteiger partial charge in [0.25, 0.3) is 0 Å². The van der Waals surface area contributed by atoms with Gasteiger partial charge in [0.15, 0.2) is 0 Å². The Kier molecular flexibility index (Phi) is 34.6. The Bertz CT molecular complexity index is 810. The summed E-state index contributed by atoms with van der Waals surface area (Å²) in [5.41, 5.74) is 0. The van der Waals surface area contributed by atoms with Crippen LogP contribution < -0.4 is 5.32 Å². The molecule has 0 aliphatic rings. The van der Waals surface area contributed by atoms with E-state index in [-0.39, 0.29) is 32.1 Å². The quantitative estimate of drug-likeness (QED) is 0.0252. The van der Waals surface area contributed by atoms with Gasteiger partial charge in [0.1, 0.15) is 12.7 Å². The number of unbranched alkanes of at least 4 members (excludes halogenated alkanes) is 22. The van der Waals surface area contributed by atoms with Gasteiger partial charge in [0.2, 0.25) is 5.91 Å². The molecule has 0 rings (SSSR count). The van der Waals surface area contributed by atoms with E-state index in [4.69, 9.17) is 13.8 Å². The Balaban J connectivity index is 3.61. The molecule has 0 aromatic heterocycles. The zero-order valence-electron chi connectivity index (χ0n) is 30.9. The van der Waals surface area contributed by atoms with Crippen LogP contribution in [-0.4, -0.2) is 54.3 Å². The van der Waals surface area contributed by atoms with Crippen molar-refractivity contribution in [2.75, 3.05) is 26.4 Å². The van der Waals surface area contributed by atoms with Crippen molar-refractivity contribution in [2.45, 2.75) is 193 Å². The molecule has 0 spiro atoms. The number of aliphatic hydroxyl groups excluding tert-OH is 1. The van der Waals surface area contributed by atoms with E-state index in [0.29, 0.717) is 6.42 Å². The Hall–Kier alpha value is -1.25. The van der Waals surface area contributed by atoms with Crippen molar-refractivity contribution in [3.8, 4) is 0 Å². The minimum atomic E-state index is -4.41. The van der Waals surface area contributed by atoms with E-state index in [0.717, 1.165) is 57.8 Å². The van der Waals surface area contributed by atoms with Crippen molar-refractivity contribution < 1.29 is 37.9 Å². The van der Waals surface area contributed by atoms with Gasteiger partial charge in [-0.3, -0.25) is 18.6 Å². The minimum absolute atomic E-state index is 0.0850. The number of carbonyl (C=O) groups is 2. The second-order valence-electron chi connectivity index (χ2n) is 13.3. The standard InChI is InChI=1S/C38H74NO8P/c1-3-5-7-9-11-13-15-17-19-21-23-25-27-29-31-38(42)45-34-36(40)35-47-48(43,44)46-33-32-39-37(41)30-28-26-24-22-20-18-16-14-12-10-8-6-4-2/h15,17,36,40H,3-14,16,18-35H2,1-2H3,(H,39,41)(H,43,44)/b17-15-. The molecule has 0 aromatic rings. The monoisotopic (exact) mass is 704 g/mol. The normalized spacial score (nSPS) is 13.5. The fourth-order valence-electron chi connectivity index (χ4n) is 5.43. The number of ether oxygens (including phenoxy) is 1. The summed E-state index contributed by atoms with van der Waals surface area (Å²) in [5.74, 6) is -0.520. The van der Waals surface area contributed by atoms with Crippen LogP contribution in [-0.2, 0) is 27.9 Å². The third-order valence-electron chi connectivity index (χ3n) is 8.45. The minimum Gasteiger partial charge on any atom is -0.463 e. The molecule has 3 N–H and O–H groups in total. The molecule has 0 bridgehead atoms. The van der Waals surface area contributed by atoms with Gasteiger partial charge in [0, 0.05) is 19.4 Å². The average molecular weight is 704 g/mol. The topological polar surface area (TPSA) is 131 Å². The molecule has 0 aliphatic carbocycles. The first-order valence-corrected chi connectivity index (χ1v) is 21.2. The molecular weight excluding hydrogens is 629 g/mol. The van der Waals surface area contributed by atoms with Crippen molar-refractivity contribution >= 4 is 19.7 Å². The van der Waals surface area contributed by atoms with Crippen LogP contribution in [0.3, 0.4) is 0 Å². The number of esters is 1. The number of nitrogens with one attached hydrogen (secondary N) is 1. The molecule has 0 aromatic carbocycles. The summed E-state index contributed by atoms with van der Waals surface area (Å²) < 4.78 is 26.8. The van der Waals surface area contributed by atoms with Gasteiger partial charge in [-0.05, 0) is 38.5 Å². The number of amides is 1. The third-order valence-corrected chi connectivity index (χ3v) is 9.43. The van der Waals surface area contributed by atoms with E-state index < -0.39 is 26.5 Å². The molecule has 0 heterocycles. The lowest BCUT2D eigenvalue weighted by Crippen LogP contribution is -2.27. The summed E-state index contributed by atoms with van der Waals surface area (Å²) in [5, 5.41) is 12.6. The average Bonchev–Trinajstić information content (AvgIpc) is 3.07. The summed E-state index contributed by atoms with van der Waals surface area (Å²) in [6.07, 6.45) is 34.2. The van der Waals surface area contributed by atoms with Crippen LogP contribution in [0.2, 0.25) is 0 Å². The summed E-state index contributed by atoms with van der Waals surface area (Å²) >= 11 is 0. The fraction of sp³-hybridized carbons (Fsp3) is 0.895. The van der Waals surface area contributed by atoms with Crippen LogP contribution in [0.4, 0.5) is 0 Å². The smallest absolute Gasteiger partial charge is 0.463 e. The van der Waals surface area contributed by atoms with Crippen LogP contribution in [0.25, 0.3) is 0 Å². The SMILES string of the molecule is CCCCCCC/C=C\CCCCCCCC(=O)OCC(O)COP(=O)(O)OCCNC(=O)CCCCCCCCCCCCCCC. The second-order valence-corrected chi connectivity index (χ2v) is 14.7. The molecule has 10 heteroatoms. The molecule has 0 radical (unpaired) electrons. The Morgan fingerprint density at radius 1 is 0.625 bits per heavy atom. The molecule has 284 valence electrons. The number of rotatable bonds is 37. The number of hydrogen-bond acceptors (Lipinski definition) is 7. The van der Waals surface area contributed by atoms with Gasteiger partial charge in [-0.1, -0.05) is 148 Å². The van der Waals surface area contributed by atoms with Gasteiger partial charge < -0.3 is 20.1 Å². The molecule has 0 saturated carbocycles. The largest absolute Gasteiger partial charge is 0.472 e. The first-order chi connectivity index (χ1) is 23.3. The highest BCUT2D eigenvalue weighted by Crippen LogP contribution is 2.42. The van der Waals surface area contributed by atoms with E-state index in [2.05, 4.69) is 31.3 Å². The zero-order chi connectivity index (χ0) is 35.4. The van der Waals surface area contributed by atoms with E-state index in [1.54, 1.807) is 0 Å². The van der Waals surface area contributed by atoms with Crippen molar-refractivity contribution in [1.82, 2.24) is 5.32 Å². The maximum atomic E-state index is 12.0. The Labute approximate surface area is 294 Å². The molecule has 2 atom stereocenters. The van der Waals surface area contributed by atoms with Crippen molar-refractivity contribution in [3.05, 3.63) is 12.2 Å². The highest BCUT2D eigenvalue weighted by Gasteiger charge is 2.23. The highest BCUT2D eigenvalue weighted by atomic mass is 31.2. The van der Waals surface area contributed by atoms with E-state index in [1.165, 1.54) is 103 Å². The lowest BCUT2D eigenvalue weighted by Gasteiger charge is -2.15. The molecule has 1 amide bonds. The van der Waals surface area contributed by atoms with Crippen molar-refractivity contribution in [3.63, 3.8) is 0 Å². The molecule has 2 unspecified atom stereocenters. The number of hydrogen-bond donors (Lipinski definition) is 3. The molecular formula is C38H74NO8P. The van der Waals surface area contributed by atoms with Crippen molar-refractivity contribution in [2.24, 2.45) is 0 Å². The summed E-state index contributed by atoms with van der Waals surface area (Å²) in [7, 11) is -4.41.